The lowest BCUT2D eigenvalue weighted by Gasteiger charge is -2.23. The third-order valence-electron chi connectivity index (χ3n) is 6.85. The predicted octanol–water partition coefficient (Wildman–Crippen LogP) is 6.37. The Kier molecular flexibility index (Phi) is 10.6. The molecule has 3 aromatic carbocycles. The average Bonchev–Trinajstić information content (AvgIpc) is 3.79. The number of ether oxygens (including phenoxy) is 5. The summed E-state index contributed by atoms with van der Waals surface area (Å²) in [5, 5.41) is 14.3. The normalized spacial score (nSPS) is 11.5. The molecule has 0 unspecified atom stereocenters. The van der Waals surface area contributed by atoms with Crippen LogP contribution in [0.5, 0.6) is 28.7 Å². The van der Waals surface area contributed by atoms with Gasteiger partial charge in [-0.25, -0.2) is 22.4 Å². The van der Waals surface area contributed by atoms with Crippen LogP contribution in [0.2, 0.25) is 0 Å². The Morgan fingerprint density at radius 3 is 2.43 bits per heavy atom. The molecule has 13 nitrogen and oxygen atoms in total. The number of rotatable bonds is 14. The van der Waals surface area contributed by atoms with Crippen molar-refractivity contribution in [3.8, 4) is 46.1 Å². The highest BCUT2D eigenvalue weighted by Crippen LogP contribution is 2.39. The summed E-state index contributed by atoms with van der Waals surface area (Å²) in [6.07, 6.45) is -2.31. The third kappa shape index (κ3) is 8.02. The van der Waals surface area contributed by atoms with Crippen molar-refractivity contribution in [3.05, 3.63) is 84.3 Å². The molecule has 0 saturated heterocycles. The summed E-state index contributed by atoms with van der Waals surface area (Å²) in [7, 11) is -1.44. The van der Waals surface area contributed by atoms with Crippen LogP contribution in [0.1, 0.15) is 18.1 Å². The zero-order valence-electron chi connectivity index (χ0n) is 26.0. The van der Waals surface area contributed by atoms with Gasteiger partial charge in [0.1, 0.15) is 47.9 Å². The standard InChI is InChI=1S/C31H27F3N6O7S2/c1-4-45-19-39-26(11-12-37-39)25-14-23(47-31(32,33)34)7-9-28(25)46-27-10-8-24(13-21(27)16-35)49(41,42)40(30-36-18-38-48-30)17-20-5-6-22(43-2)15-29(20)44-3/h5-15,18H,4,17,19H2,1-3H3. The second kappa shape index (κ2) is 14.8. The van der Waals surface area contributed by atoms with Gasteiger partial charge in [-0.3, -0.25) is 0 Å². The van der Waals surface area contributed by atoms with Crippen LogP contribution in [0.25, 0.3) is 11.3 Å². The van der Waals surface area contributed by atoms with E-state index in [0.717, 1.165) is 34.0 Å². The molecule has 0 fully saturated rings. The van der Waals surface area contributed by atoms with Crippen molar-refractivity contribution in [2.45, 2.75) is 31.5 Å². The number of nitriles is 1. The number of halogens is 3. The molecular weight excluding hydrogens is 690 g/mol. The van der Waals surface area contributed by atoms with Crippen molar-refractivity contribution in [2.24, 2.45) is 0 Å². The number of hydrogen-bond donors (Lipinski definition) is 0. The van der Waals surface area contributed by atoms with Gasteiger partial charge in [0.05, 0.1) is 36.9 Å². The highest BCUT2D eigenvalue weighted by Gasteiger charge is 2.32. The minimum absolute atomic E-state index is 0.00779. The first-order valence-corrected chi connectivity index (χ1v) is 16.4. The largest absolute Gasteiger partial charge is 0.573 e. The minimum Gasteiger partial charge on any atom is -0.497 e. The molecule has 0 spiro atoms. The summed E-state index contributed by atoms with van der Waals surface area (Å²) in [5.41, 5.74) is 0.784. The summed E-state index contributed by atoms with van der Waals surface area (Å²) in [6, 6.07) is 15.4. The molecule has 0 aliphatic carbocycles. The van der Waals surface area contributed by atoms with Crippen LogP contribution in [-0.2, 0) is 28.0 Å². The minimum atomic E-state index is -4.96. The molecule has 0 saturated carbocycles. The van der Waals surface area contributed by atoms with Crippen LogP contribution < -0.4 is 23.3 Å². The molecule has 18 heteroatoms. The number of sulfonamides is 1. The van der Waals surface area contributed by atoms with E-state index in [-0.39, 0.29) is 45.9 Å². The van der Waals surface area contributed by atoms with Gasteiger partial charge in [0.25, 0.3) is 10.0 Å². The van der Waals surface area contributed by atoms with Crippen molar-refractivity contribution in [1.29, 1.82) is 5.26 Å². The van der Waals surface area contributed by atoms with Crippen LogP contribution in [0.15, 0.2) is 78.1 Å². The summed E-state index contributed by atoms with van der Waals surface area (Å²) >= 11 is 0.852. The first-order chi connectivity index (χ1) is 23.5. The lowest BCUT2D eigenvalue weighted by Crippen LogP contribution is -2.30. The van der Waals surface area contributed by atoms with Gasteiger partial charge in [0, 0.05) is 41.5 Å². The number of hydrogen-bond acceptors (Lipinski definition) is 12. The van der Waals surface area contributed by atoms with E-state index in [1.54, 1.807) is 31.2 Å². The molecule has 256 valence electrons. The first-order valence-electron chi connectivity index (χ1n) is 14.2. The molecular formula is C31H27F3N6O7S2. The van der Waals surface area contributed by atoms with Gasteiger partial charge in [0.15, 0.2) is 0 Å². The van der Waals surface area contributed by atoms with E-state index >= 15 is 0 Å². The predicted molar refractivity (Wildman–Crippen MR) is 170 cm³/mol. The average molecular weight is 717 g/mol. The maximum Gasteiger partial charge on any atom is 0.573 e. The van der Waals surface area contributed by atoms with Gasteiger partial charge in [-0.05, 0) is 61.5 Å². The fraction of sp³-hybridized carbons (Fsp3) is 0.226. The topological polar surface area (TPSA) is 151 Å². The van der Waals surface area contributed by atoms with Gasteiger partial charge in [0.2, 0.25) is 5.13 Å². The molecule has 0 radical (unpaired) electrons. The highest BCUT2D eigenvalue weighted by molar-refractivity contribution is 7.93. The maximum atomic E-state index is 14.1. The van der Waals surface area contributed by atoms with Crippen molar-refractivity contribution in [2.75, 3.05) is 25.1 Å². The number of nitrogens with zero attached hydrogens (tertiary/aromatic N) is 6. The van der Waals surface area contributed by atoms with Crippen LogP contribution in [-0.4, -0.2) is 54.7 Å². The number of benzene rings is 3. The Morgan fingerprint density at radius 1 is 0.980 bits per heavy atom. The Hall–Kier alpha value is -5.38. The van der Waals surface area contributed by atoms with Gasteiger partial charge >= 0.3 is 6.36 Å². The number of anilines is 1. The Bertz CT molecular complexity index is 2070. The molecule has 0 aliphatic rings. The lowest BCUT2D eigenvalue weighted by atomic mass is 10.1. The number of alkyl halides is 3. The Morgan fingerprint density at radius 2 is 1.76 bits per heavy atom. The van der Waals surface area contributed by atoms with Gasteiger partial charge in [-0.2, -0.15) is 14.7 Å². The molecule has 2 aromatic heterocycles. The van der Waals surface area contributed by atoms with Crippen molar-refractivity contribution >= 4 is 26.7 Å². The van der Waals surface area contributed by atoms with Crippen molar-refractivity contribution < 1.29 is 45.3 Å². The van der Waals surface area contributed by atoms with E-state index in [9.17, 15) is 26.9 Å². The van der Waals surface area contributed by atoms with Crippen LogP contribution in [0, 0.1) is 11.3 Å². The van der Waals surface area contributed by atoms with E-state index in [1.807, 2.05) is 6.07 Å². The zero-order valence-corrected chi connectivity index (χ0v) is 27.7. The lowest BCUT2D eigenvalue weighted by molar-refractivity contribution is -0.274. The third-order valence-corrected chi connectivity index (χ3v) is 9.38. The first kappa shape index (κ1) is 34.9. The summed E-state index contributed by atoms with van der Waals surface area (Å²) < 4.78 is 100. The van der Waals surface area contributed by atoms with Gasteiger partial charge in [-0.15, -0.1) is 13.2 Å². The molecule has 0 aliphatic heterocycles. The summed E-state index contributed by atoms with van der Waals surface area (Å²) in [5.74, 6) is 0.315. The molecule has 5 aromatic rings. The number of methoxy groups -OCH3 is 2. The molecule has 0 amide bonds. The highest BCUT2D eigenvalue weighted by atomic mass is 32.2. The smallest absolute Gasteiger partial charge is 0.497 e. The summed E-state index contributed by atoms with van der Waals surface area (Å²) in [4.78, 5) is 3.84. The fourth-order valence-corrected chi connectivity index (χ4v) is 6.75. The fourth-order valence-electron chi connectivity index (χ4n) is 4.60. The van der Waals surface area contributed by atoms with Gasteiger partial charge in [-0.1, -0.05) is 0 Å². The van der Waals surface area contributed by atoms with E-state index in [4.69, 9.17) is 18.9 Å². The molecule has 0 bridgehead atoms. The van der Waals surface area contributed by atoms with Crippen LogP contribution in [0.3, 0.4) is 0 Å². The van der Waals surface area contributed by atoms with E-state index in [2.05, 4.69) is 19.2 Å². The van der Waals surface area contributed by atoms with Crippen molar-refractivity contribution in [3.63, 3.8) is 0 Å². The molecule has 0 atom stereocenters. The molecule has 2 heterocycles. The van der Waals surface area contributed by atoms with Gasteiger partial charge < -0.3 is 23.7 Å². The summed E-state index contributed by atoms with van der Waals surface area (Å²) in [6.45, 7) is 1.92. The SMILES string of the molecule is CCOCn1nccc1-c1cc(OC(F)(F)F)ccc1Oc1ccc(S(=O)(=O)N(Cc2ccc(OC)cc2OC)c2ncns2)cc1C#N. The van der Waals surface area contributed by atoms with Crippen LogP contribution in [0.4, 0.5) is 18.3 Å². The maximum absolute atomic E-state index is 14.1. The molecule has 5 rings (SSSR count). The second-order valence-corrected chi connectivity index (χ2v) is 12.4. The molecule has 0 N–H and O–H groups in total. The monoisotopic (exact) mass is 716 g/mol. The van der Waals surface area contributed by atoms with E-state index in [0.29, 0.717) is 29.4 Å². The molecule has 49 heavy (non-hydrogen) atoms. The van der Waals surface area contributed by atoms with Crippen LogP contribution >= 0.6 is 11.5 Å². The Balaban J connectivity index is 1.52. The Labute approximate surface area is 282 Å². The quantitative estimate of drug-likeness (QED) is 0.126. The zero-order chi connectivity index (χ0) is 35.2. The second-order valence-electron chi connectivity index (χ2n) is 9.83. The van der Waals surface area contributed by atoms with E-state index < -0.39 is 22.1 Å². The van der Waals surface area contributed by atoms with E-state index in [1.165, 1.54) is 49.6 Å². The van der Waals surface area contributed by atoms with Crippen molar-refractivity contribution in [1.82, 2.24) is 19.1 Å². The number of aromatic nitrogens is 4.